The molecule has 0 radical (unpaired) electrons. The number of benzene rings is 1. The average molecular weight is 278 g/mol. The van der Waals surface area contributed by atoms with E-state index < -0.39 is 0 Å². The normalized spacial score (nSPS) is 11.1. The zero-order valence-corrected chi connectivity index (χ0v) is 12.0. The van der Waals surface area contributed by atoms with Crippen LogP contribution in [-0.2, 0) is 0 Å². The van der Waals surface area contributed by atoms with Crippen molar-refractivity contribution in [2.75, 3.05) is 0 Å². The van der Waals surface area contributed by atoms with Gasteiger partial charge in [-0.2, -0.15) is 0 Å². The molecule has 3 heteroatoms. The van der Waals surface area contributed by atoms with Crippen molar-refractivity contribution in [1.82, 2.24) is 9.97 Å². The van der Waals surface area contributed by atoms with Gasteiger partial charge >= 0.3 is 0 Å². The van der Waals surface area contributed by atoms with Gasteiger partial charge in [-0.05, 0) is 24.6 Å². The number of aromatic nitrogens is 2. The van der Waals surface area contributed by atoms with Crippen molar-refractivity contribution in [2.45, 2.75) is 6.92 Å². The number of nitrogens with zero attached hydrogens (tertiary/aromatic N) is 2. The van der Waals surface area contributed by atoms with Crippen molar-refractivity contribution >= 4 is 23.5 Å². The molecule has 0 aliphatic carbocycles. The Hall–Kier alpha value is -2.26. The summed E-state index contributed by atoms with van der Waals surface area (Å²) in [6.07, 6.45) is 7.67. The first kappa shape index (κ1) is 12.8. The van der Waals surface area contributed by atoms with Crippen LogP contribution in [0.3, 0.4) is 0 Å². The summed E-state index contributed by atoms with van der Waals surface area (Å²) in [4.78, 5) is 8.73. The lowest BCUT2D eigenvalue weighted by Gasteiger charge is -1.96. The third-order valence-electron chi connectivity index (χ3n) is 2.97. The molecule has 0 saturated heterocycles. The van der Waals surface area contributed by atoms with E-state index in [2.05, 4.69) is 46.5 Å². The third-order valence-corrected chi connectivity index (χ3v) is 3.78. The lowest BCUT2D eigenvalue weighted by atomic mass is 10.1. The van der Waals surface area contributed by atoms with Crippen molar-refractivity contribution in [3.8, 4) is 11.3 Å². The highest BCUT2D eigenvalue weighted by atomic mass is 32.1. The Balaban J connectivity index is 1.80. The molecule has 3 aromatic rings. The van der Waals surface area contributed by atoms with Gasteiger partial charge in [0, 0.05) is 23.3 Å². The van der Waals surface area contributed by atoms with Crippen LogP contribution >= 0.6 is 11.3 Å². The lowest BCUT2D eigenvalue weighted by molar-refractivity contribution is 1.32. The van der Waals surface area contributed by atoms with Crippen LogP contribution in [0.2, 0.25) is 0 Å². The van der Waals surface area contributed by atoms with Gasteiger partial charge in [-0.15, -0.1) is 11.3 Å². The third kappa shape index (κ3) is 3.00. The number of hydrogen-bond acceptors (Lipinski definition) is 3. The zero-order valence-electron chi connectivity index (χ0n) is 11.2. The van der Waals surface area contributed by atoms with Crippen molar-refractivity contribution < 1.29 is 0 Å². The largest absolute Gasteiger partial charge is 0.264 e. The standard InChI is InChI=1S/C17H14N2S/c1-13-4-7-15(8-5-13)16-12-20-17(19-16)9-6-14-3-2-10-18-11-14/h2-12H,1H3/b9-6-. The van der Waals surface area contributed by atoms with E-state index in [9.17, 15) is 0 Å². The molecule has 0 spiro atoms. The maximum absolute atomic E-state index is 4.64. The molecule has 2 nitrogen and oxygen atoms in total. The second-order valence-electron chi connectivity index (χ2n) is 4.56. The molecule has 0 bridgehead atoms. The summed E-state index contributed by atoms with van der Waals surface area (Å²) in [6, 6.07) is 12.4. The first-order valence-corrected chi connectivity index (χ1v) is 7.30. The topological polar surface area (TPSA) is 25.8 Å². The van der Waals surface area contributed by atoms with E-state index in [0.717, 1.165) is 21.8 Å². The van der Waals surface area contributed by atoms with Crippen LogP contribution in [0.5, 0.6) is 0 Å². The second kappa shape index (κ2) is 5.80. The highest BCUT2D eigenvalue weighted by Gasteiger charge is 2.02. The van der Waals surface area contributed by atoms with Gasteiger partial charge in [0.15, 0.2) is 0 Å². The monoisotopic (exact) mass is 278 g/mol. The SMILES string of the molecule is Cc1ccc(-c2csc(/C=C\c3cccnc3)n2)cc1. The summed E-state index contributed by atoms with van der Waals surface area (Å²) < 4.78 is 0. The second-order valence-corrected chi connectivity index (χ2v) is 5.45. The van der Waals surface area contributed by atoms with Crippen LogP contribution < -0.4 is 0 Å². The van der Waals surface area contributed by atoms with Gasteiger partial charge in [0.1, 0.15) is 5.01 Å². The predicted octanol–water partition coefficient (Wildman–Crippen LogP) is 4.68. The highest BCUT2D eigenvalue weighted by molar-refractivity contribution is 7.10. The van der Waals surface area contributed by atoms with Gasteiger partial charge in [0.25, 0.3) is 0 Å². The quantitative estimate of drug-likeness (QED) is 0.695. The molecule has 0 aliphatic heterocycles. The van der Waals surface area contributed by atoms with E-state index in [0.29, 0.717) is 0 Å². The number of thiazole rings is 1. The summed E-state index contributed by atoms with van der Waals surface area (Å²) in [5.41, 5.74) is 4.54. The molecule has 0 fully saturated rings. The van der Waals surface area contributed by atoms with Crippen LogP contribution in [0.25, 0.3) is 23.4 Å². The Kier molecular flexibility index (Phi) is 3.70. The Bertz CT molecular complexity index is 712. The smallest absolute Gasteiger partial charge is 0.116 e. The predicted molar refractivity (Wildman–Crippen MR) is 85.5 cm³/mol. The molecule has 1 aromatic carbocycles. The Labute approximate surface area is 122 Å². The first-order chi connectivity index (χ1) is 9.81. The maximum Gasteiger partial charge on any atom is 0.116 e. The molecule has 2 aromatic heterocycles. The van der Waals surface area contributed by atoms with E-state index in [-0.39, 0.29) is 0 Å². The molecule has 2 heterocycles. The fraction of sp³-hybridized carbons (Fsp3) is 0.0588. The van der Waals surface area contributed by atoms with Gasteiger partial charge in [-0.1, -0.05) is 42.0 Å². The maximum atomic E-state index is 4.64. The Morgan fingerprint density at radius 1 is 1.05 bits per heavy atom. The van der Waals surface area contributed by atoms with Crippen LogP contribution in [0.15, 0.2) is 54.2 Å². The van der Waals surface area contributed by atoms with E-state index >= 15 is 0 Å². The highest BCUT2D eigenvalue weighted by Crippen LogP contribution is 2.23. The summed E-state index contributed by atoms with van der Waals surface area (Å²) in [5.74, 6) is 0. The molecule has 0 aliphatic rings. The van der Waals surface area contributed by atoms with E-state index in [1.807, 2.05) is 30.5 Å². The zero-order chi connectivity index (χ0) is 13.8. The molecule has 98 valence electrons. The molecule has 0 unspecified atom stereocenters. The molecule has 0 atom stereocenters. The lowest BCUT2D eigenvalue weighted by Crippen LogP contribution is -1.79. The van der Waals surface area contributed by atoms with Crippen molar-refractivity contribution in [1.29, 1.82) is 0 Å². The van der Waals surface area contributed by atoms with Crippen LogP contribution in [0, 0.1) is 6.92 Å². The number of pyridine rings is 1. The van der Waals surface area contributed by atoms with Gasteiger partial charge in [-0.3, -0.25) is 4.98 Å². The number of hydrogen-bond donors (Lipinski definition) is 0. The number of aryl methyl sites for hydroxylation is 1. The summed E-state index contributed by atoms with van der Waals surface area (Å²) >= 11 is 1.65. The molecular formula is C17H14N2S. The minimum atomic E-state index is 1.00. The van der Waals surface area contributed by atoms with Gasteiger partial charge in [0.05, 0.1) is 5.69 Å². The van der Waals surface area contributed by atoms with Gasteiger partial charge in [-0.25, -0.2) is 4.98 Å². The minimum absolute atomic E-state index is 1.00. The van der Waals surface area contributed by atoms with Crippen LogP contribution in [0.1, 0.15) is 16.1 Å². The molecule has 0 amide bonds. The van der Waals surface area contributed by atoms with Crippen molar-refractivity contribution in [2.24, 2.45) is 0 Å². The molecule has 3 rings (SSSR count). The van der Waals surface area contributed by atoms with E-state index in [1.54, 1.807) is 17.5 Å². The molecule has 0 N–H and O–H groups in total. The van der Waals surface area contributed by atoms with Crippen LogP contribution in [0.4, 0.5) is 0 Å². The summed E-state index contributed by atoms with van der Waals surface area (Å²) in [5, 5.41) is 3.09. The molecule has 0 saturated carbocycles. The average Bonchev–Trinajstić information content (AvgIpc) is 2.96. The summed E-state index contributed by atoms with van der Waals surface area (Å²) in [7, 11) is 0. The fourth-order valence-corrected chi connectivity index (χ4v) is 2.58. The Morgan fingerprint density at radius 3 is 2.65 bits per heavy atom. The van der Waals surface area contributed by atoms with Gasteiger partial charge in [0.2, 0.25) is 0 Å². The minimum Gasteiger partial charge on any atom is -0.264 e. The number of rotatable bonds is 3. The van der Waals surface area contributed by atoms with Crippen molar-refractivity contribution in [3.05, 3.63) is 70.3 Å². The first-order valence-electron chi connectivity index (χ1n) is 6.42. The van der Waals surface area contributed by atoms with Gasteiger partial charge < -0.3 is 0 Å². The van der Waals surface area contributed by atoms with E-state index in [1.165, 1.54) is 5.56 Å². The van der Waals surface area contributed by atoms with E-state index in [4.69, 9.17) is 0 Å². The molecular weight excluding hydrogens is 264 g/mol. The Morgan fingerprint density at radius 2 is 1.90 bits per heavy atom. The van der Waals surface area contributed by atoms with Crippen molar-refractivity contribution in [3.63, 3.8) is 0 Å². The fourth-order valence-electron chi connectivity index (χ4n) is 1.86. The molecule has 20 heavy (non-hydrogen) atoms. The van der Waals surface area contributed by atoms with Crippen LogP contribution in [-0.4, -0.2) is 9.97 Å². The summed E-state index contributed by atoms with van der Waals surface area (Å²) in [6.45, 7) is 2.09.